The van der Waals surface area contributed by atoms with E-state index in [4.69, 9.17) is 0 Å². The van der Waals surface area contributed by atoms with Gasteiger partial charge in [0.05, 0.1) is 16.7 Å². The minimum atomic E-state index is 0.000160. The van der Waals surface area contributed by atoms with Gasteiger partial charge in [0.2, 0.25) is 0 Å². The van der Waals surface area contributed by atoms with Gasteiger partial charge in [0.1, 0.15) is 17.2 Å². The van der Waals surface area contributed by atoms with E-state index in [0.29, 0.717) is 36.0 Å². The molecule has 0 fully saturated rings. The van der Waals surface area contributed by atoms with E-state index in [9.17, 15) is 15.3 Å². The Balaban J connectivity index is 1.99. The third kappa shape index (κ3) is 5.18. The number of allylic oxidation sites excluding steroid dienone is 3. The summed E-state index contributed by atoms with van der Waals surface area (Å²) < 4.78 is 0. The first-order valence-corrected chi connectivity index (χ1v) is 11.5. The Labute approximate surface area is 210 Å². The lowest BCUT2D eigenvalue weighted by Gasteiger charge is -2.13. The van der Waals surface area contributed by atoms with Gasteiger partial charge >= 0.3 is 0 Å². The van der Waals surface area contributed by atoms with Gasteiger partial charge in [-0.05, 0) is 72.4 Å². The van der Waals surface area contributed by atoms with Crippen molar-refractivity contribution in [2.24, 2.45) is 0 Å². The molecular weight excluding hydrogens is 450 g/mol. The summed E-state index contributed by atoms with van der Waals surface area (Å²) in [5.41, 5.74) is 3.99. The zero-order chi connectivity index (χ0) is 25.7. The standard InChI is InChI=1S/C30H27N3O3/c1-4-7-19-10-13-25(34)22(16-19)28-31-29(23-17-20(8-5-2)11-14-26(23)35)33-30(32-28)24-18-21(9-6-3)12-15-27(24)36/h4-6,10-18,34-36H,1-3,7-9H2. The Kier molecular flexibility index (Phi) is 7.25. The Hall–Kier alpha value is -4.71. The number of aromatic hydroxyl groups is 3. The molecule has 0 radical (unpaired) electrons. The lowest BCUT2D eigenvalue weighted by Crippen LogP contribution is -2.02. The number of phenolic OH excluding ortho intramolecular Hbond substituents is 3. The third-order valence-electron chi connectivity index (χ3n) is 5.68. The van der Waals surface area contributed by atoms with Gasteiger partial charge in [-0.3, -0.25) is 0 Å². The number of phenols is 3. The maximum Gasteiger partial charge on any atom is 0.167 e. The second-order valence-electron chi connectivity index (χ2n) is 8.34. The van der Waals surface area contributed by atoms with Gasteiger partial charge in [-0.2, -0.15) is 0 Å². The Bertz CT molecular complexity index is 1270. The molecule has 0 spiro atoms. The predicted molar refractivity (Wildman–Crippen MR) is 143 cm³/mol. The third-order valence-corrected chi connectivity index (χ3v) is 5.68. The molecule has 0 atom stereocenters. The summed E-state index contributed by atoms with van der Waals surface area (Å²) >= 11 is 0. The fourth-order valence-electron chi connectivity index (χ4n) is 3.91. The lowest BCUT2D eigenvalue weighted by atomic mass is 10.0. The van der Waals surface area contributed by atoms with E-state index >= 15 is 0 Å². The van der Waals surface area contributed by atoms with Crippen LogP contribution >= 0.6 is 0 Å². The van der Waals surface area contributed by atoms with E-state index in [2.05, 4.69) is 34.7 Å². The zero-order valence-electron chi connectivity index (χ0n) is 19.9. The van der Waals surface area contributed by atoms with Crippen LogP contribution in [0.1, 0.15) is 16.7 Å². The van der Waals surface area contributed by atoms with Gasteiger partial charge in [0.25, 0.3) is 0 Å². The quantitative estimate of drug-likeness (QED) is 0.249. The highest BCUT2D eigenvalue weighted by Gasteiger charge is 2.19. The van der Waals surface area contributed by atoms with E-state index in [-0.39, 0.29) is 34.7 Å². The van der Waals surface area contributed by atoms with Gasteiger partial charge in [0.15, 0.2) is 17.5 Å². The van der Waals surface area contributed by atoms with E-state index < -0.39 is 0 Å². The lowest BCUT2D eigenvalue weighted by molar-refractivity contribution is 0.476. The Morgan fingerprint density at radius 1 is 0.500 bits per heavy atom. The van der Waals surface area contributed by atoms with E-state index in [1.807, 2.05) is 0 Å². The largest absolute Gasteiger partial charge is 0.507 e. The SMILES string of the molecule is C=CCc1ccc(O)c(-c2nc(-c3cc(CC=C)ccc3O)nc(-c3cc(CC=C)ccc3O)n2)c1. The normalized spacial score (nSPS) is 10.7. The molecular formula is C30H27N3O3. The topological polar surface area (TPSA) is 99.4 Å². The number of benzene rings is 3. The molecule has 0 amide bonds. The molecule has 0 unspecified atom stereocenters. The van der Waals surface area contributed by atoms with Crippen molar-refractivity contribution in [2.75, 3.05) is 0 Å². The predicted octanol–water partition coefficient (Wildman–Crippen LogP) is 6.17. The van der Waals surface area contributed by atoms with E-state index in [1.165, 1.54) is 0 Å². The summed E-state index contributed by atoms with van der Waals surface area (Å²) in [6.45, 7) is 11.3. The molecule has 0 bridgehead atoms. The highest BCUT2D eigenvalue weighted by molar-refractivity contribution is 5.74. The van der Waals surface area contributed by atoms with Crippen LogP contribution in [0.5, 0.6) is 17.2 Å². The van der Waals surface area contributed by atoms with Gasteiger partial charge in [0, 0.05) is 0 Å². The molecule has 0 saturated heterocycles. The molecule has 0 aliphatic heterocycles. The van der Waals surface area contributed by atoms with Crippen LogP contribution in [-0.4, -0.2) is 30.3 Å². The summed E-state index contributed by atoms with van der Waals surface area (Å²) in [6, 6.07) is 15.5. The molecule has 0 aliphatic rings. The molecule has 1 aromatic heterocycles. The van der Waals surface area contributed by atoms with E-state index in [0.717, 1.165) is 16.7 Å². The minimum Gasteiger partial charge on any atom is -0.507 e. The second-order valence-corrected chi connectivity index (χ2v) is 8.34. The van der Waals surface area contributed by atoms with Gasteiger partial charge in [-0.15, -0.1) is 19.7 Å². The number of nitrogens with zero attached hydrogens (tertiary/aromatic N) is 3. The van der Waals surface area contributed by atoms with Crippen LogP contribution in [0.3, 0.4) is 0 Å². The van der Waals surface area contributed by atoms with Crippen molar-refractivity contribution in [1.82, 2.24) is 15.0 Å². The van der Waals surface area contributed by atoms with Crippen molar-refractivity contribution in [3.05, 3.63) is 109 Å². The summed E-state index contributed by atoms with van der Waals surface area (Å²) in [5, 5.41) is 32.0. The first-order chi connectivity index (χ1) is 17.4. The van der Waals surface area contributed by atoms with Crippen molar-refractivity contribution >= 4 is 0 Å². The van der Waals surface area contributed by atoms with Crippen molar-refractivity contribution in [3.8, 4) is 51.4 Å². The van der Waals surface area contributed by atoms with Crippen molar-refractivity contribution in [1.29, 1.82) is 0 Å². The Morgan fingerprint density at radius 2 is 0.778 bits per heavy atom. The van der Waals surface area contributed by atoms with Crippen LogP contribution in [0.4, 0.5) is 0 Å². The maximum absolute atomic E-state index is 10.7. The highest BCUT2D eigenvalue weighted by atomic mass is 16.3. The Morgan fingerprint density at radius 3 is 1.03 bits per heavy atom. The van der Waals surface area contributed by atoms with Crippen LogP contribution in [0.2, 0.25) is 0 Å². The fourth-order valence-corrected chi connectivity index (χ4v) is 3.91. The van der Waals surface area contributed by atoms with Crippen LogP contribution in [0, 0.1) is 0 Å². The smallest absolute Gasteiger partial charge is 0.167 e. The highest BCUT2D eigenvalue weighted by Crippen LogP contribution is 2.35. The molecule has 1 heterocycles. The minimum absolute atomic E-state index is 0.000160. The monoisotopic (exact) mass is 477 g/mol. The molecule has 4 aromatic rings. The maximum atomic E-state index is 10.7. The zero-order valence-corrected chi connectivity index (χ0v) is 19.9. The van der Waals surface area contributed by atoms with Crippen molar-refractivity contribution < 1.29 is 15.3 Å². The van der Waals surface area contributed by atoms with Gasteiger partial charge in [-0.25, -0.2) is 15.0 Å². The number of rotatable bonds is 9. The summed E-state index contributed by atoms with van der Waals surface area (Å²) in [5.74, 6) is 0.627. The summed E-state index contributed by atoms with van der Waals surface area (Å²) in [7, 11) is 0. The number of hydrogen-bond acceptors (Lipinski definition) is 6. The number of hydrogen-bond donors (Lipinski definition) is 3. The first kappa shape index (κ1) is 24.4. The van der Waals surface area contributed by atoms with Crippen LogP contribution in [-0.2, 0) is 19.3 Å². The molecule has 4 rings (SSSR count). The number of aromatic nitrogens is 3. The van der Waals surface area contributed by atoms with Gasteiger partial charge in [-0.1, -0.05) is 36.4 Å². The van der Waals surface area contributed by atoms with Crippen molar-refractivity contribution in [2.45, 2.75) is 19.3 Å². The molecule has 180 valence electrons. The molecule has 3 aromatic carbocycles. The van der Waals surface area contributed by atoms with E-state index in [1.54, 1.807) is 72.8 Å². The first-order valence-electron chi connectivity index (χ1n) is 11.5. The fraction of sp³-hybridized carbons (Fsp3) is 0.100. The molecule has 0 saturated carbocycles. The van der Waals surface area contributed by atoms with Crippen molar-refractivity contribution in [3.63, 3.8) is 0 Å². The van der Waals surface area contributed by atoms with Crippen LogP contribution < -0.4 is 0 Å². The average molecular weight is 478 g/mol. The average Bonchev–Trinajstić information content (AvgIpc) is 2.87. The summed E-state index contributed by atoms with van der Waals surface area (Å²) in [6.07, 6.45) is 7.12. The molecule has 0 aliphatic carbocycles. The molecule has 6 nitrogen and oxygen atoms in total. The summed E-state index contributed by atoms with van der Waals surface area (Å²) in [4.78, 5) is 13.9. The van der Waals surface area contributed by atoms with Crippen LogP contribution in [0.25, 0.3) is 34.2 Å². The molecule has 3 N–H and O–H groups in total. The molecule has 36 heavy (non-hydrogen) atoms. The second kappa shape index (κ2) is 10.7. The molecule has 6 heteroatoms. The van der Waals surface area contributed by atoms with Gasteiger partial charge < -0.3 is 15.3 Å². The van der Waals surface area contributed by atoms with Crippen LogP contribution in [0.15, 0.2) is 92.6 Å².